The van der Waals surface area contributed by atoms with Gasteiger partial charge in [-0.05, 0) is 12.8 Å². The third-order valence-electron chi connectivity index (χ3n) is 2.85. The van der Waals surface area contributed by atoms with Gasteiger partial charge in [0.1, 0.15) is 5.44 Å². The molecule has 0 bridgehead atoms. The van der Waals surface area contributed by atoms with Crippen molar-refractivity contribution in [1.82, 2.24) is 0 Å². The Morgan fingerprint density at radius 1 is 1.10 bits per heavy atom. The van der Waals surface area contributed by atoms with Crippen LogP contribution in [0.2, 0.25) is 0 Å². The highest BCUT2D eigenvalue weighted by Crippen LogP contribution is 2.41. The number of carbonyl (C=O) groups excluding carboxylic acids is 1. The normalized spacial score (nSPS) is 13.4. The van der Waals surface area contributed by atoms with Crippen LogP contribution in [0, 0.1) is 0 Å². The summed E-state index contributed by atoms with van der Waals surface area (Å²) < 4.78 is 15.4. The predicted molar refractivity (Wildman–Crippen MR) is 82.4 cm³/mol. The molecule has 120 valence electrons. The second-order valence-corrected chi connectivity index (χ2v) is 7.43. The van der Waals surface area contributed by atoms with Crippen molar-refractivity contribution in [2.45, 2.75) is 77.1 Å². The minimum absolute atomic E-state index is 0.192. The molecule has 0 fully saturated rings. The van der Waals surface area contributed by atoms with Crippen molar-refractivity contribution < 1.29 is 23.7 Å². The lowest BCUT2D eigenvalue weighted by Crippen LogP contribution is -2.09. The molecule has 5 nitrogen and oxygen atoms in total. The van der Waals surface area contributed by atoms with Gasteiger partial charge < -0.3 is 9.79 Å². The highest BCUT2D eigenvalue weighted by molar-refractivity contribution is 8.14. The average Bonchev–Trinajstić information content (AvgIpc) is 2.29. The zero-order valence-corrected chi connectivity index (χ0v) is 14.1. The van der Waals surface area contributed by atoms with Crippen molar-refractivity contribution >= 4 is 24.7 Å². The molecule has 0 aliphatic carbocycles. The summed E-state index contributed by atoms with van der Waals surface area (Å²) >= 11 is 0.848. The number of unbranched alkanes of at least 4 members (excludes halogenated alkanes) is 7. The zero-order valence-electron chi connectivity index (χ0n) is 12.4. The van der Waals surface area contributed by atoms with E-state index in [-0.39, 0.29) is 5.12 Å². The van der Waals surface area contributed by atoms with Gasteiger partial charge in [-0.2, -0.15) is 0 Å². The highest BCUT2D eigenvalue weighted by Gasteiger charge is 2.23. The van der Waals surface area contributed by atoms with Crippen molar-refractivity contribution in [3.63, 3.8) is 0 Å². The topological polar surface area (TPSA) is 83.8 Å². The van der Waals surface area contributed by atoms with Crippen LogP contribution in [-0.4, -0.2) is 20.3 Å². The van der Waals surface area contributed by atoms with E-state index in [2.05, 4.69) is 11.4 Å². The molecule has 0 aliphatic heterocycles. The van der Waals surface area contributed by atoms with Gasteiger partial charge in [0.25, 0.3) is 0 Å². The van der Waals surface area contributed by atoms with Gasteiger partial charge in [-0.25, -0.2) is 4.57 Å². The van der Waals surface area contributed by atoms with Gasteiger partial charge in [0.2, 0.25) is 0 Å². The van der Waals surface area contributed by atoms with Crippen LogP contribution in [0.3, 0.4) is 0 Å². The van der Waals surface area contributed by atoms with Gasteiger partial charge in [0.15, 0.2) is 5.12 Å². The van der Waals surface area contributed by atoms with Crippen molar-refractivity contribution in [2.75, 3.05) is 0 Å². The molecule has 1 unspecified atom stereocenters. The van der Waals surface area contributed by atoms with Crippen molar-refractivity contribution in [3.05, 3.63) is 0 Å². The minimum atomic E-state index is -4.53. The van der Waals surface area contributed by atoms with Crippen LogP contribution >= 0.6 is 19.6 Å². The van der Waals surface area contributed by atoms with E-state index in [1.807, 2.05) is 0 Å². The summed E-state index contributed by atoms with van der Waals surface area (Å²) in [6, 6.07) is 0. The first kappa shape index (κ1) is 20.1. The first-order chi connectivity index (χ1) is 9.35. The van der Waals surface area contributed by atoms with Crippen molar-refractivity contribution in [3.8, 4) is 0 Å². The lowest BCUT2D eigenvalue weighted by Gasteiger charge is -2.16. The van der Waals surface area contributed by atoms with Crippen LogP contribution in [0.15, 0.2) is 0 Å². The zero-order chi connectivity index (χ0) is 15.4. The van der Waals surface area contributed by atoms with E-state index in [4.69, 9.17) is 9.79 Å². The lowest BCUT2D eigenvalue weighted by molar-refractivity contribution is -0.109. The van der Waals surface area contributed by atoms with Crippen LogP contribution in [0.5, 0.6) is 0 Å². The predicted octanol–water partition coefficient (Wildman–Crippen LogP) is 4.23. The summed E-state index contributed by atoms with van der Waals surface area (Å²) in [5.41, 5.74) is -0.742. The summed E-state index contributed by atoms with van der Waals surface area (Å²) in [4.78, 5) is 28.6. The number of rotatable bonds is 12. The second kappa shape index (κ2) is 11.8. The van der Waals surface area contributed by atoms with Crippen LogP contribution in [0.1, 0.15) is 71.6 Å². The highest BCUT2D eigenvalue weighted by atomic mass is 32.2. The van der Waals surface area contributed by atoms with E-state index in [1.165, 1.54) is 39.0 Å². The molecule has 0 aromatic carbocycles. The fraction of sp³-hybridized carbons (Fsp3) is 0.923. The third-order valence-corrected chi connectivity index (χ3v) is 4.44. The Labute approximate surface area is 126 Å². The van der Waals surface area contributed by atoms with Gasteiger partial charge in [-0.1, -0.05) is 63.6 Å². The molecule has 0 amide bonds. The lowest BCUT2D eigenvalue weighted by atomic mass is 10.1. The summed E-state index contributed by atoms with van der Waals surface area (Å²) in [6.45, 7) is 3.56. The molecule has 0 aromatic rings. The number of hydrogen-bond donors (Lipinski definition) is 2. The second-order valence-electron chi connectivity index (χ2n) is 4.90. The van der Waals surface area contributed by atoms with E-state index < -0.39 is 13.3 Å². The number of thioether (sulfide) groups is 1. The van der Waals surface area contributed by atoms with Crippen LogP contribution in [0.25, 0.3) is 0 Å². The maximum Gasteiger partial charge on any atom is 0.470 e. The monoisotopic (exact) mass is 326 g/mol. The molecule has 0 aliphatic rings. The molecule has 0 heterocycles. The fourth-order valence-electron chi connectivity index (χ4n) is 1.92. The summed E-state index contributed by atoms with van der Waals surface area (Å²) in [5.74, 6) is 0. The molecule has 2 N–H and O–H groups in total. The average molecular weight is 326 g/mol. The summed E-state index contributed by atoms with van der Waals surface area (Å²) in [7, 11) is -4.53. The quantitative estimate of drug-likeness (QED) is 0.317. The van der Waals surface area contributed by atoms with Crippen LogP contribution in [0.4, 0.5) is 0 Å². The summed E-state index contributed by atoms with van der Waals surface area (Å²) in [6.07, 6.45) is 9.69. The maximum absolute atomic E-state index is 11.0. The standard InChI is InChI=1S/C13H27O5PS/c1-3-4-5-6-7-8-9-10-11-13(20-12(2)14)18-19(15,16)17/h13H,3-11H2,1-2H3,(H2,15,16,17). The summed E-state index contributed by atoms with van der Waals surface area (Å²) in [5, 5.41) is -0.192. The molecule has 20 heavy (non-hydrogen) atoms. The number of phosphoric acid groups is 1. The molecule has 0 radical (unpaired) electrons. The van der Waals surface area contributed by atoms with Crippen LogP contribution in [-0.2, 0) is 13.9 Å². The molecule has 7 heteroatoms. The third kappa shape index (κ3) is 14.5. The van der Waals surface area contributed by atoms with Gasteiger partial charge in [-0.15, -0.1) is 0 Å². The Morgan fingerprint density at radius 3 is 2.05 bits per heavy atom. The van der Waals surface area contributed by atoms with Crippen molar-refractivity contribution in [1.29, 1.82) is 0 Å². The molecule has 0 saturated heterocycles. The number of carbonyl (C=O) groups is 1. The Kier molecular flexibility index (Phi) is 11.8. The SMILES string of the molecule is CCCCCCCCCCC(OP(=O)(O)O)SC(C)=O. The fourth-order valence-corrected chi connectivity index (χ4v) is 3.49. The molecule has 1 atom stereocenters. The Morgan fingerprint density at radius 2 is 1.60 bits per heavy atom. The van der Waals surface area contributed by atoms with Crippen molar-refractivity contribution in [2.24, 2.45) is 0 Å². The maximum atomic E-state index is 11.0. The van der Waals surface area contributed by atoms with Gasteiger partial charge in [0, 0.05) is 6.92 Å². The largest absolute Gasteiger partial charge is 0.470 e. The van der Waals surface area contributed by atoms with Gasteiger partial charge >= 0.3 is 7.82 Å². The smallest absolute Gasteiger partial charge is 0.303 e. The van der Waals surface area contributed by atoms with E-state index in [0.29, 0.717) is 6.42 Å². The van der Waals surface area contributed by atoms with E-state index in [0.717, 1.165) is 31.0 Å². The van der Waals surface area contributed by atoms with Crippen LogP contribution < -0.4 is 0 Å². The Bertz CT molecular complexity index is 305. The molecule has 0 aromatic heterocycles. The van der Waals surface area contributed by atoms with Gasteiger partial charge in [-0.3, -0.25) is 9.32 Å². The molecular weight excluding hydrogens is 299 g/mol. The molecular formula is C13H27O5PS. The Balaban J connectivity index is 3.74. The number of phosphoric ester groups is 1. The van der Waals surface area contributed by atoms with E-state index in [9.17, 15) is 9.36 Å². The molecule has 0 saturated carbocycles. The molecule has 0 spiro atoms. The number of hydrogen-bond acceptors (Lipinski definition) is 4. The first-order valence-electron chi connectivity index (χ1n) is 7.26. The minimum Gasteiger partial charge on any atom is -0.303 e. The van der Waals surface area contributed by atoms with E-state index >= 15 is 0 Å². The molecule has 0 rings (SSSR count). The van der Waals surface area contributed by atoms with Gasteiger partial charge in [0.05, 0.1) is 0 Å². The van der Waals surface area contributed by atoms with E-state index in [1.54, 1.807) is 0 Å². The first-order valence-corrected chi connectivity index (χ1v) is 9.67. The Hall–Kier alpha value is 0.130.